The van der Waals surface area contributed by atoms with E-state index in [1.54, 1.807) is 42.5 Å². The van der Waals surface area contributed by atoms with Crippen LogP contribution in [0, 0.1) is 10.1 Å². The van der Waals surface area contributed by atoms with Crippen molar-refractivity contribution in [1.82, 2.24) is 0 Å². The predicted octanol–water partition coefficient (Wildman–Crippen LogP) is 3.56. The Bertz CT molecular complexity index is 1350. The summed E-state index contributed by atoms with van der Waals surface area (Å²) in [6, 6.07) is 15.1. The molecule has 1 aliphatic rings. The highest BCUT2D eigenvalue weighted by Gasteiger charge is 2.19. The molecule has 33 heavy (non-hydrogen) atoms. The third-order valence-corrected chi connectivity index (χ3v) is 5.82. The van der Waals surface area contributed by atoms with Crippen LogP contribution in [0.2, 0.25) is 0 Å². The summed E-state index contributed by atoms with van der Waals surface area (Å²) in [6.45, 7) is 0.370. The Morgan fingerprint density at radius 1 is 1.09 bits per heavy atom. The molecule has 1 heterocycles. The fourth-order valence-corrected chi connectivity index (χ4v) is 3.79. The van der Waals surface area contributed by atoms with Crippen molar-refractivity contribution in [2.24, 2.45) is 0 Å². The fraction of sp³-hybridized carbons (Fsp3) is 0.136. The third-order valence-electron chi connectivity index (χ3n) is 4.73. The van der Waals surface area contributed by atoms with E-state index in [1.165, 1.54) is 0 Å². The molecule has 0 saturated carbocycles. The lowest BCUT2D eigenvalue weighted by molar-refractivity contribution is -0.385. The molecule has 1 aliphatic heterocycles. The van der Waals surface area contributed by atoms with E-state index < -0.39 is 26.4 Å². The third kappa shape index (κ3) is 5.21. The minimum Gasteiger partial charge on any atom is -0.489 e. The summed E-state index contributed by atoms with van der Waals surface area (Å²) >= 11 is 0. The number of non-ortho nitro benzene ring substituents is 1. The molecule has 0 fully saturated rings. The van der Waals surface area contributed by atoms with Crippen molar-refractivity contribution in [2.75, 3.05) is 18.4 Å². The van der Waals surface area contributed by atoms with Crippen LogP contribution in [0.5, 0.6) is 17.2 Å². The number of nitro benzene ring substituents is 1. The van der Waals surface area contributed by atoms with E-state index in [9.17, 15) is 23.3 Å². The summed E-state index contributed by atoms with van der Waals surface area (Å²) in [6.07, 6.45) is 0.914. The molecule has 3 aromatic rings. The molecule has 0 radical (unpaired) electrons. The number of rotatable bonds is 7. The molecular weight excluding hydrogens is 452 g/mol. The van der Waals surface area contributed by atoms with E-state index >= 15 is 0 Å². The molecule has 0 aromatic heterocycles. The minimum atomic E-state index is -3.75. The summed E-state index contributed by atoms with van der Waals surface area (Å²) in [7, 11) is -3.75. The second kappa shape index (κ2) is 8.79. The van der Waals surface area contributed by atoms with Crippen LogP contribution in [0.4, 0.5) is 11.4 Å². The largest absolute Gasteiger partial charge is 0.489 e. The lowest BCUT2D eigenvalue weighted by atomic mass is 10.1. The van der Waals surface area contributed by atoms with Gasteiger partial charge in [-0.05, 0) is 35.9 Å². The van der Waals surface area contributed by atoms with Crippen LogP contribution in [0.3, 0.4) is 0 Å². The Labute approximate surface area is 188 Å². The first-order chi connectivity index (χ1) is 15.7. The van der Waals surface area contributed by atoms with Gasteiger partial charge in [0.05, 0.1) is 9.82 Å². The summed E-state index contributed by atoms with van der Waals surface area (Å²) in [5, 5.41) is 13.8. The van der Waals surface area contributed by atoms with Gasteiger partial charge in [0.1, 0.15) is 12.4 Å². The quantitative estimate of drug-likeness (QED) is 0.409. The first kappa shape index (κ1) is 22.1. The highest BCUT2D eigenvalue weighted by Crippen LogP contribution is 2.35. The lowest BCUT2D eigenvalue weighted by Gasteiger charge is -2.10. The van der Waals surface area contributed by atoms with Crippen LogP contribution < -0.4 is 19.5 Å². The summed E-state index contributed by atoms with van der Waals surface area (Å²) in [5.74, 6) is 1.14. The molecule has 1 N–H and O–H groups in total. The Hall–Kier alpha value is -4.12. The van der Waals surface area contributed by atoms with Gasteiger partial charge < -0.3 is 19.5 Å². The van der Waals surface area contributed by atoms with Crippen LogP contribution >= 0.6 is 0 Å². The Morgan fingerprint density at radius 2 is 1.88 bits per heavy atom. The number of anilines is 1. The highest BCUT2D eigenvalue weighted by atomic mass is 32.2. The van der Waals surface area contributed by atoms with Gasteiger partial charge in [-0.3, -0.25) is 14.9 Å². The first-order valence-corrected chi connectivity index (χ1v) is 11.5. The Balaban J connectivity index is 1.48. The number of nitrogens with one attached hydrogen (secondary N) is 1. The van der Waals surface area contributed by atoms with Gasteiger partial charge >= 0.3 is 0 Å². The molecule has 4 rings (SSSR count). The summed E-state index contributed by atoms with van der Waals surface area (Å²) in [5.41, 5.74) is 0.529. The number of nitro groups is 1. The number of nitrogens with zero attached hydrogens (tertiary/aromatic N) is 1. The van der Waals surface area contributed by atoms with Crippen molar-refractivity contribution in [1.29, 1.82) is 0 Å². The first-order valence-electron chi connectivity index (χ1n) is 9.61. The average molecular weight is 470 g/mol. The van der Waals surface area contributed by atoms with Gasteiger partial charge in [0, 0.05) is 35.7 Å². The van der Waals surface area contributed by atoms with Crippen LogP contribution in [0.25, 0.3) is 0 Å². The van der Waals surface area contributed by atoms with Crippen LogP contribution in [-0.4, -0.2) is 32.3 Å². The molecule has 0 saturated heterocycles. The van der Waals surface area contributed by atoms with Crippen molar-refractivity contribution in [3.63, 3.8) is 0 Å². The van der Waals surface area contributed by atoms with Gasteiger partial charge in [-0.25, -0.2) is 8.42 Å². The SMILES string of the molecule is CS(=O)(=O)c1cc(C(=O)Nc2cccc(COc3ccc4c(c3)OCO4)c2)cc([N+](=O)[O-])c1. The van der Waals surface area contributed by atoms with Crippen LogP contribution in [-0.2, 0) is 16.4 Å². The molecule has 170 valence electrons. The Kier molecular flexibility index (Phi) is 5.88. The van der Waals surface area contributed by atoms with Gasteiger partial charge in [0.25, 0.3) is 11.6 Å². The van der Waals surface area contributed by atoms with Gasteiger partial charge in [-0.1, -0.05) is 12.1 Å². The van der Waals surface area contributed by atoms with Crippen molar-refractivity contribution >= 4 is 27.1 Å². The van der Waals surface area contributed by atoms with E-state index in [0.29, 0.717) is 22.9 Å². The van der Waals surface area contributed by atoms with E-state index in [0.717, 1.165) is 30.0 Å². The van der Waals surface area contributed by atoms with Crippen molar-refractivity contribution in [2.45, 2.75) is 11.5 Å². The molecule has 0 spiro atoms. The van der Waals surface area contributed by atoms with Crippen molar-refractivity contribution in [3.05, 3.63) is 81.9 Å². The second-order valence-corrected chi connectivity index (χ2v) is 9.22. The molecular formula is C22H18N2O8S. The minimum absolute atomic E-state index is 0.147. The molecule has 0 bridgehead atoms. The lowest BCUT2D eigenvalue weighted by Crippen LogP contribution is -2.13. The molecule has 3 aromatic carbocycles. The smallest absolute Gasteiger partial charge is 0.271 e. The maximum absolute atomic E-state index is 12.7. The number of carbonyl (C=O) groups excluding carboxylic acids is 1. The molecule has 1 amide bonds. The van der Waals surface area contributed by atoms with Gasteiger partial charge in [-0.15, -0.1) is 0 Å². The molecule has 0 unspecified atom stereocenters. The van der Waals surface area contributed by atoms with Gasteiger partial charge in [0.15, 0.2) is 21.3 Å². The maximum atomic E-state index is 12.7. The highest BCUT2D eigenvalue weighted by molar-refractivity contribution is 7.90. The number of hydrogen-bond donors (Lipinski definition) is 1. The molecule has 0 atom stereocenters. The zero-order chi connectivity index (χ0) is 23.6. The number of carbonyl (C=O) groups is 1. The molecule has 11 heteroatoms. The van der Waals surface area contributed by atoms with E-state index in [-0.39, 0.29) is 23.9 Å². The number of benzene rings is 3. The summed E-state index contributed by atoms with van der Waals surface area (Å²) in [4.78, 5) is 22.8. The maximum Gasteiger partial charge on any atom is 0.271 e. The zero-order valence-electron chi connectivity index (χ0n) is 17.3. The fourth-order valence-electron chi connectivity index (χ4n) is 3.11. The van der Waals surface area contributed by atoms with Gasteiger partial charge in [-0.2, -0.15) is 0 Å². The van der Waals surface area contributed by atoms with E-state index in [4.69, 9.17) is 14.2 Å². The monoisotopic (exact) mass is 470 g/mol. The number of ether oxygens (including phenoxy) is 3. The second-order valence-electron chi connectivity index (χ2n) is 7.20. The number of fused-ring (bicyclic) bond motifs is 1. The standard InChI is InChI=1S/C22H18N2O8S/c1-33(28,29)19-9-15(8-17(10-19)24(26)27)22(25)23-16-4-2-3-14(7-16)12-30-18-5-6-20-21(11-18)32-13-31-20/h2-11H,12-13H2,1H3,(H,23,25). The zero-order valence-corrected chi connectivity index (χ0v) is 18.1. The molecule has 10 nitrogen and oxygen atoms in total. The van der Waals surface area contributed by atoms with E-state index in [2.05, 4.69) is 5.32 Å². The van der Waals surface area contributed by atoms with Crippen LogP contribution in [0.1, 0.15) is 15.9 Å². The van der Waals surface area contributed by atoms with Gasteiger partial charge in [0.2, 0.25) is 6.79 Å². The van der Waals surface area contributed by atoms with E-state index in [1.807, 2.05) is 0 Å². The van der Waals surface area contributed by atoms with Crippen LogP contribution in [0.15, 0.2) is 65.6 Å². The topological polar surface area (TPSA) is 134 Å². The number of hydrogen-bond acceptors (Lipinski definition) is 8. The normalized spacial score (nSPS) is 12.3. The van der Waals surface area contributed by atoms with Crippen molar-refractivity contribution in [3.8, 4) is 17.2 Å². The number of amides is 1. The average Bonchev–Trinajstić information content (AvgIpc) is 3.25. The predicted molar refractivity (Wildman–Crippen MR) is 117 cm³/mol. The van der Waals surface area contributed by atoms with Crippen molar-refractivity contribution < 1.29 is 32.3 Å². The number of sulfone groups is 1. The molecule has 0 aliphatic carbocycles. The summed E-state index contributed by atoms with van der Waals surface area (Å²) < 4.78 is 40.1. The Morgan fingerprint density at radius 3 is 2.64 bits per heavy atom.